The van der Waals surface area contributed by atoms with Crippen molar-refractivity contribution in [3.8, 4) is 34.1 Å². The molecule has 0 unspecified atom stereocenters. The quantitative estimate of drug-likeness (QED) is 0.0590. The number of nitrogens with zero attached hydrogens (tertiary/aromatic N) is 1. The first-order valence-electron chi connectivity index (χ1n) is 22.1. The van der Waals surface area contributed by atoms with Crippen LogP contribution in [-0.2, 0) is 31.9 Å². The predicted molar refractivity (Wildman–Crippen MR) is 276 cm³/mol. The van der Waals surface area contributed by atoms with Crippen LogP contribution in [0.4, 0.5) is 17.1 Å². The topological polar surface area (TPSA) is 20.3 Å². The number of hydrogen-bond donors (Lipinski definition) is 0. The number of thiophene rings is 1. The van der Waals surface area contributed by atoms with E-state index >= 15 is 0 Å². The van der Waals surface area contributed by atoms with Crippen LogP contribution in [0.25, 0.3) is 22.3 Å². The Morgan fingerprint density at radius 1 is 0.524 bits per heavy atom. The average molecular weight is 1070 g/mol. The molecule has 6 heteroatoms. The summed E-state index contributed by atoms with van der Waals surface area (Å²) in [4.78, 5) is 13.7. The van der Waals surface area contributed by atoms with Crippen LogP contribution < -0.4 is 4.90 Å². The van der Waals surface area contributed by atoms with Crippen molar-refractivity contribution in [2.75, 3.05) is 41.9 Å². The van der Waals surface area contributed by atoms with Crippen LogP contribution in [-0.4, -0.2) is 43.3 Å². The summed E-state index contributed by atoms with van der Waals surface area (Å²) in [5.41, 5.74) is 14.7. The Hall–Kier alpha value is -4.06. The molecule has 1 aromatic heterocycles. The van der Waals surface area contributed by atoms with E-state index in [4.69, 9.17) is 12.8 Å². The number of anilines is 3. The summed E-state index contributed by atoms with van der Waals surface area (Å²) in [5.74, 6) is 4.71. The molecule has 8 rings (SSSR count). The Morgan fingerprint density at radius 2 is 0.921 bits per heavy atom. The van der Waals surface area contributed by atoms with Gasteiger partial charge in [0, 0.05) is 32.8 Å². The number of carbonyl (C=O) groups excluding carboxylic acids is 1. The number of aldehydes is 1. The summed E-state index contributed by atoms with van der Waals surface area (Å²) in [5, 5.41) is 0. The van der Waals surface area contributed by atoms with Crippen molar-refractivity contribution in [3.05, 3.63) is 172 Å². The summed E-state index contributed by atoms with van der Waals surface area (Å²) < 4.78 is 0. The second-order valence-corrected chi connectivity index (χ2v) is 24.1. The van der Waals surface area contributed by atoms with Gasteiger partial charge in [-0.05, 0) is 106 Å². The van der Waals surface area contributed by atoms with Gasteiger partial charge in [-0.15, -0.1) is 39.6 Å². The largest absolute Gasteiger partial charge is 2.00 e. The van der Waals surface area contributed by atoms with Gasteiger partial charge in [-0.3, -0.25) is 16.6 Å². The zero-order valence-corrected chi connectivity index (χ0v) is 43.7. The van der Waals surface area contributed by atoms with Crippen molar-refractivity contribution < 1.29 is 25.9 Å². The summed E-state index contributed by atoms with van der Waals surface area (Å²) in [6.07, 6.45) is 23.5. The summed E-state index contributed by atoms with van der Waals surface area (Å²) in [6.45, 7) is 23.1. The van der Waals surface area contributed by atoms with E-state index in [1.165, 1.54) is 92.8 Å². The first-order valence-corrected chi connectivity index (χ1v) is 26.7. The molecular weight excluding hydrogens is 1000 g/mol. The molecule has 0 saturated carbocycles. The van der Waals surface area contributed by atoms with Crippen LogP contribution in [0.3, 0.4) is 0 Å². The van der Waals surface area contributed by atoms with Gasteiger partial charge >= 0.3 is 21.1 Å². The second-order valence-electron chi connectivity index (χ2n) is 16.5. The van der Waals surface area contributed by atoms with E-state index in [9.17, 15) is 4.79 Å². The zero-order chi connectivity index (χ0) is 45.0. The molecule has 0 N–H and O–H groups in total. The minimum atomic E-state index is -0.0752. The average Bonchev–Trinajstić information content (AvgIpc) is 3.95. The summed E-state index contributed by atoms with van der Waals surface area (Å²) >= 11 is 1.27. The van der Waals surface area contributed by atoms with Crippen molar-refractivity contribution in [1.29, 1.82) is 0 Å². The molecule has 0 atom stereocenters. The second kappa shape index (κ2) is 23.7. The fourth-order valence-electron chi connectivity index (χ4n) is 8.63. The third kappa shape index (κ3) is 11.6. The molecule has 0 bridgehead atoms. The first kappa shape index (κ1) is 51.6. The Balaban J connectivity index is 0.000000298. The van der Waals surface area contributed by atoms with Gasteiger partial charge in [-0.1, -0.05) is 153 Å². The van der Waals surface area contributed by atoms with Crippen molar-refractivity contribution in [3.63, 3.8) is 0 Å². The standard InChI is InChI=1S/C38H30N.C7H3OS.2C6H15P.Pt/c1-6-25-15-17-26(18-16-25)39(27-19-21-31-29-11-7-9-13-33(29)37(2,3)35(31)23-27)28-20-22-32-30-12-8-10-14-34(30)38(4,5)36(32)24-28;1-2-6-3-4-7(5-8)9-6;2*1-4-7(5-2)6-3;/h7-24H,2-5H3;3-5H;2*4-6H2,1-3H3;/q2*-1;;;+2. The van der Waals surface area contributed by atoms with E-state index in [1.807, 2.05) is 12.1 Å². The Bertz CT molecular complexity index is 2380. The van der Waals surface area contributed by atoms with Crippen molar-refractivity contribution in [1.82, 2.24) is 0 Å². The summed E-state index contributed by atoms with van der Waals surface area (Å²) in [6, 6.07) is 42.9. The fraction of sp³-hybridized carbons (Fsp3) is 0.316. The van der Waals surface area contributed by atoms with Crippen LogP contribution in [0.1, 0.15) is 112 Å². The van der Waals surface area contributed by atoms with Crippen LogP contribution in [0.15, 0.2) is 121 Å². The van der Waals surface area contributed by atoms with Crippen LogP contribution in [0.2, 0.25) is 0 Å². The van der Waals surface area contributed by atoms with Crippen molar-refractivity contribution >= 4 is 50.5 Å². The SMILES string of the molecule is CCP(CC)CC.CCP(CC)CC.[C-]#Cc1ccc(C=O)s1.[C-]#Cc1ccc(N(c2ccc3c(c2)C(C)(C)c2ccccc2-3)c2ccc3c(c2)C(C)(C)c2ccccc2-3)cc1.[Pt+2]. The molecule has 2 nitrogen and oxygen atoms in total. The van der Waals surface area contributed by atoms with Gasteiger partial charge in [0.2, 0.25) is 0 Å². The number of hydrogen-bond acceptors (Lipinski definition) is 3. The molecule has 1 heterocycles. The summed E-state index contributed by atoms with van der Waals surface area (Å²) in [7, 11) is 0.892. The van der Waals surface area contributed by atoms with Crippen molar-refractivity contribution in [2.45, 2.75) is 80.1 Å². The monoisotopic (exact) mass is 1070 g/mol. The molecule has 5 aromatic carbocycles. The van der Waals surface area contributed by atoms with Crippen molar-refractivity contribution in [2.24, 2.45) is 0 Å². The van der Waals surface area contributed by atoms with Gasteiger partial charge in [0.15, 0.2) is 6.29 Å². The van der Waals surface area contributed by atoms with Crippen LogP contribution in [0.5, 0.6) is 0 Å². The number of benzene rings is 5. The van der Waals surface area contributed by atoms with E-state index in [0.717, 1.165) is 28.9 Å². The van der Waals surface area contributed by atoms with Gasteiger partial charge in [0.05, 0.1) is 0 Å². The smallest absolute Gasteiger partial charge is 0.366 e. The zero-order valence-electron chi connectivity index (χ0n) is 38.8. The van der Waals surface area contributed by atoms with Crippen LogP contribution >= 0.6 is 27.2 Å². The molecule has 2 aliphatic carbocycles. The third-order valence-corrected chi connectivity index (χ3v) is 18.8. The molecule has 0 fully saturated rings. The molecule has 0 spiro atoms. The molecule has 0 aliphatic heterocycles. The first-order chi connectivity index (χ1) is 29.9. The number of rotatable bonds is 10. The van der Waals surface area contributed by atoms with E-state index in [-0.39, 0.29) is 31.9 Å². The molecule has 0 amide bonds. The molecule has 328 valence electrons. The maximum Gasteiger partial charge on any atom is 2.00 e. The molecule has 6 aromatic rings. The van der Waals surface area contributed by atoms with Gasteiger partial charge in [0.25, 0.3) is 0 Å². The van der Waals surface area contributed by atoms with E-state index in [0.29, 0.717) is 25.6 Å². The van der Waals surface area contributed by atoms with Crippen LogP contribution in [0, 0.1) is 24.7 Å². The van der Waals surface area contributed by atoms with Gasteiger partial charge < -0.3 is 17.7 Å². The Morgan fingerprint density at radius 3 is 1.25 bits per heavy atom. The van der Waals surface area contributed by atoms with Gasteiger partial charge in [0.1, 0.15) is 0 Å². The molecule has 2 aliphatic rings. The maximum atomic E-state index is 10.1. The molecular formula is C57H63NOP2PtS. The van der Waals surface area contributed by atoms with E-state index in [1.54, 1.807) is 12.1 Å². The normalized spacial score (nSPS) is 12.8. The Labute approximate surface area is 401 Å². The van der Waals surface area contributed by atoms with Gasteiger partial charge in [-0.2, -0.15) is 0 Å². The minimum Gasteiger partial charge on any atom is -0.366 e. The predicted octanol–water partition coefficient (Wildman–Crippen LogP) is 16.3. The van der Waals surface area contributed by atoms with Gasteiger partial charge in [-0.25, -0.2) is 11.3 Å². The maximum absolute atomic E-state index is 10.1. The number of fused-ring (bicyclic) bond motifs is 6. The minimum absolute atomic E-state index is 0. The third-order valence-electron chi connectivity index (χ3n) is 12.5. The Kier molecular flexibility index (Phi) is 19.4. The molecule has 0 saturated heterocycles. The van der Waals surface area contributed by atoms with E-state index < -0.39 is 0 Å². The van der Waals surface area contributed by atoms with E-state index in [2.05, 4.69) is 183 Å². The number of carbonyl (C=O) groups is 1. The molecule has 63 heavy (non-hydrogen) atoms. The fourth-order valence-corrected chi connectivity index (χ4v) is 11.9. The molecule has 0 radical (unpaired) electrons.